The number of alkyl halides is 1. The largest absolute Gasteiger partial charge is 0.369 e. The highest BCUT2D eigenvalue weighted by atomic mass is 19.1. The summed E-state index contributed by atoms with van der Waals surface area (Å²) in [4.78, 5) is 2.45. The molecule has 1 N–H and O–H groups in total. The van der Waals surface area contributed by atoms with Crippen LogP contribution >= 0.6 is 0 Å². The lowest BCUT2D eigenvalue weighted by Crippen LogP contribution is -2.43. The summed E-state index contributed by atoms with van der Waals surface area (Å²) >= 11 is 0. The monoisotopic (exact) mass is 210 g/mol. The molecule has 0 atom stereocenters. The van der Waals surface area contributed by atoms with Crippen molar-refractivity contribution in [3.05, 3.63) is 29.8 Å². The minimum Gasteiger partial charge on any atom is -0.369 e. The van der Waals surface area contributed by atoms with Gasteiger partial charge < -0.3 is 10.2 Å². The minimum absolute atomic E-state index is 0.500. The van der Waals surface area contributed by atoms with Crippen molar-refractivity contribution in [2.24, 2.45) is 0 Å². The highest BCUT2D eigenvalue weighted by Crippen LogP contribution is 2.19. The third-order valence-corrected chi connectivity index (χ3v) is 2.57. The summed E-state index contributed by atoms with van der Waals surface area (Å²) in [6.07, 6.45) is 0. The molecule has 0 amide bonds. The van der Waals surface area contributed by atoms with E-state index in [0.29, 0.717) is 7.18 Å². The van der Waals surface area contributed by atoms with Crippen molar-refractivity contribution < 1.29 is 4.39 Å². The van der Waals surface area contributed by atoms with Gasteiger partial charge in [0.15, 0.2) is 0 Å². The molecule has 0 bridgehead atoms. The van der Waals surface area contributed by atoms with Crippen LogP contribution in [0.3, 0.4) is 0 Å². The second-order valence-corrected chi connectivity index (χ2v) is 3.52. The van der Waals surface area contributed by atoms with Crippen LogP contribution in [0.25, 0.3) is 0 Å². The van der Waals surface area contributed by atoms with Crippen molar-refractivity contribution in [1.82, 2.24) is 5.32 Å². The summed E-state index contributed by atoms with van der Waals surface area (Å²) in [5.41, 5.74) is 2.77. The maximum absolute atomic E-state index is 9.50. The topological polar surface area (TPSA) is 15.3 Å². The predicted molar refractivity (Wildman–Crippen MR) is 63.3 cm³/mol. The van der Waals surface area contributed by atoms with E-state index in [2.05, 4.69) is 41.4 Å². The second kappa shape index (κ2) is 6.40. The third kappa shape index (κ3) is 3.20. The standard InChI is InChI=1S/C11H16N2.CH3F/c1-10-4-2-3-5-11(10)13-8-6-12-7-9-13;1-2/h2-5,12H,6-9H2,1H3;1H3. The highest BCUT2D eigenvalue weighted by molar-refractivity contribution is 5.53. The van der Waals surface area contributed by atoms with Crippen molar-refractivity contribution in [1.29, 1.82) is 0 Å². The molecule has 0 spiro atoms. The first-order valence-corrected chi connectivity index (χ1v) is 5.27. The fourth-order valence-electron chi connectivity index (χ4n) is 1.82. The number of aryl methyl sites for hydroxylation is 1. The highest BCUT2D eigenvalue weighted by Gasteiger charge is 2.10. The van der Waals surface area contributed by atoms with Crippen LogP contribution in [0.1, 0.15) is 5.56 Å². The molecule has 0 aromatic heterocycles. The van der Waals surface area contributed by atoms with Gasteiger partial charge in [0.1, 0.15) is 0 Å². The van der Waals surface area contributed by atoms with Gasteiger partial charge in [-0.1, -0.05) is 18.2 Å². The molecule has 1 heterocycles. The Labute approximate surface area is 91.1 Å². The molecule has 1 saturated heterocycles. The number of nitrogens with one attached hydrogen (secondary N) is 1. The molecule has 1 fully saturated rings. The molecular formula is C12H19FN2. The molecule has 2 rings (SSSR count). The Hall–Kier alpha value is -1.09. The van der Waals surface area contributed by atoms with Crippen LogP contribution < -0.4 is 10.2 Å². The summed E-state index contributed by atoms with van der Waals surface area (Å²) in [5.74, 6) is 0. The van der Waals surface area contributed by atoms with Crippen LogP contribution in [0.15, 0.2) is 24.3 Å². The number of piperazine rings is 1. The molecule has 15 heavy (non-hydrogen) atoms. The zero-order valence-corrected chi connectivity index (χ0v) is 9.46. The van der Waals surface area contributed by atoms with Crippen LogP contribution in [-0.2, 0) is 0 Å². The van der Waals surface area contributed by atoms with Gasteiger partial charge in [-0.25, -0.2) is 0 Å². The number of hydrogen-bond donors (Lipinski definition) is 1. The molecule has 1 aromatic carbocycles. The Morgan fingerprint density at radius 1 is 1.13 bits per heavy atom. The zero-order chi connectivity index (χ0) is 11.1. The van der Waals surface area contributed by atoms with E-state index in [1.165, 1.54) is 11.3 Å². The lowest BCUT2D eigenvalue weighted by Gasteiger charge is -2.30. The van der Waals surface area contributed by atoms with Crippen LogP contribution in [-0.4, -0.2) is 33.4 Å². The van der Waals surface area contributed by atoms with Gasteiger partial charge >= 0.3 is 0 Å². The smallest absolute Gasteiger partial charge is 0.0785 e. The van der Waals surface area contributed by atoms with Crippen molar-refractivity contribution in [3.63, 3.8) is 0 Å². The van der Waals surface area contributed by atoms with E-state index in [1.807, 2.05) is 0 Å². The Kier molecular flexibility index (Phi) is 5.12. The molecule has 3 heteroatoms. The van der Waals surface area contributed by atoms with Crippen LogP contribution in [0.5, 0.6) is 0 Å². The van der Waals surface area contributed by atoms with Gasteiger partial charge in [0.25, 0.3) is 0 Å². The van der Waals surface area contributed by atoms with Crippen LogP contribution in [0.4, 0.5) is 10.1 Å². The normalized spacial score (nSPS) is 15.5. The van der Waals surface area contributed by atoms with Crippen molar-refractivity contribution in [3.8, 4) is 0 Å². The van der Waals surface area contributed by atoms with Crippen LogP contribution in [0, 0.1) is 6.92 Å². The molecule has 1 aliphatic heterocycles. The van der Waals surface area contributed by atoms with Gasteiger partial charge in [0.05, 0.1) is 7.18 Å². The average Bonchev–Trinajstić information content (AvgIpc) is 2.33. The zero-order valence-electron chi connectivity index (χ0n) is 9.46. The first-order chi connectivity index (χ1) is 7.38. The SMILES string of the molecule is CF.Cc1ccccc1N1CCNCC1. The van der Waals surface area contributed by atoms with E-state index in [-0.39, 0.29) is 0 Å². The number of hydrogen-bond acceptors (Lipinski definition) is 2. The van der Waals surface area contributed by atoms with Gasteiger partial charge in [-0.3, -0.25) is 4.39 Å². The van der Waals surface area contributed by atoms with Crippen LogP contribution in [0.2, 0.25) is 0 Å². The quantitative estimate of drug-likeness (QED) is 0.762. The molecule has 0 unspecified atom stereocenters. The van der Waals surface area contributed by atoms with E-state index in [1.54, 1.807) is 0 Å². The van der Waals surface area contributed by atoms with E-state index in [4.69, 9.17) is 0 Å². The van der Waals surface area contributed by atoms with E-state index in [0.717, 1.165) is 26.2 Å². The fraction of sp³-hybridized carbons (Fsp3) is 0.500. The molecule has 1 aliphatic rings. The number of anilines is 1. The fourth-order valence-corrected chi connectivity index (χ4v) is 1.82. The summed E-state index contributed by atoms with van der Waals surface area (Å²) < 4.78 is 9.50. The number of nitrogens with zero attached hydrogens (tertiary/aromatic N) is 1. The number of halogens is 1. The minimum atomic E-state index is 0.500. The Bertz CT molecular complexity index is 283. The molecular weight excluding hydrogens is 191 g/mol. The van der Waals surface area contributed by atoms with Crippen molar-refractivity contribution in [2.75, 3.05) is 38.3 Å². The number of benzene rings is 1. The first-order valence-electron chi connectivity index (χ1n) is 5.27. The lowest BCUT2D eigenvalue weighted by molar-refractivity contribution is 0.588. The predicted octanol–water partition coefficient (Wildman–Crippen LogP) is 1.99. The van der Waals surface area contributed by atoms with Gasteiger partial charge in [0, 0.05) is 31.9 Å². The molecule has 84 valence electrons. The summed E-state index contributed by atoms with van der Waals surface area (Å²) in [6.45, 7) is 6.65. The molecule has 2 nitrogen and oxygen atoms in total. The molecule has 0 saturated carbocycles. The van der Waals surface area contributed by atoms with Gasteiger partial charge in [0.2, 0.25) is 0 Å². The summed E-state index contributed by atoms with van der Waals surface area (Å²) in [7, 11) is 0.500. The van der Waals surface area contributed by atoms with E-state index < -0.39 is 0 Å². The first kappa shape index (κ1) is 12.0. The third-order valence-electron chi connectivity index (χ3n) is 2.57. The maximum Gasteiger partial charge on any atom is 0.0785 e. The second-order valence-electron chi connectivity index (χ2n) is 3.52. The lowest BCUT2D eigenvalue weighted by atomic mass is 10.1. The Balaban J connectivity index is 0.000000531. The van der Waals surface area contributed by atoms with E-state index >= 15 is 0 Å². The van der Waals surface area contributed by atoms with E-state index in [9.17, 15) is 4.39 Å². The number of rotatable bonds is 1. The maximum atomic E-state index is 9.50. The molecule has 0 aliphatic carbocycles. The Morgan fingerprint density at radius 2 is 1.73 bits per heavy atom. The summed E-state index contributed by atoms with van der Waals surface area (Å²) in [6, 6.07) is 8.60. The van der Waals surface area contributed by atoms with Crippen molar-refractivity contribution in [2.45, 2.75) is 6.92 Å². The molecule has 0 radical (unpaired) electrons. The number of para-hydroxylation sites is 1. The van der Waals surface area contributed by atoms with Gasteiger partial charge in [-0.2, -0.15) is 0 Å². The molecule has 1 aromatic rings. The van der Waals surface area contributed by atoms with Gasteiger partial charge in [-0.15, -0.1) is 0 Å². The Morgan fingerprint density at radius 3 is 2.33 bits per heavy atom. The van der Waals surface area contributed by atoms with Gasteiger partial charge in [-0.05, 0) is 18.6 Å². The average molecular weight is 210 g/mol. The summed E-state index contributed by atoms with van der Waals surface area (Å²) in [5, 5.41) is 3.36. The van der Waals surface area contributed by atoms with Crippen molar-refractivity contribution >= 4 is 5.69 Å².